The Morgan fingerprint density at radius 2 is 1.92 bits per heavy atom. The molecule has 2 aromatic heterocycles. The first-order valence-electron chi connectivity index (χ1n) is 12.2. The third-order valence-electron chi connectivity index (χ3n) is 6.38. The van der Waals surface area contributed by atoms with Gasteiger partial charge in [0.1, 0.15) is 22.6 Å². The van der Waals surface area contributed by atoms with E-state index in [1.54, 1.807) is 32.6 Å². The van der Waals surface area contributed by atoms with Crippen LogP contribution in [0.5, 0.6) is 0 Å². The number of aliphatic hydroxyl groups is 1. The molecule has 0 radical (unpaired) electrons. The van der Waals surface area contributed by atoms with E-state index >= 15 is 0 Å². The Hall–Kier alpha value is -2.89. The molecule has 1 saturated heterocycles. The van der Waals surface area contributed by atoms with Gasteiger partial charge < -0.3 is 19.2 Å². The van der Waals surface area contributed by atoms with Crippen LogP contribution >= 0.6 is 0 Å². The molecular weight excluding hydrogens is 479 g/mol. The second kappa shape index (κ2) is 9.53. The maximum Gasteiger partial charge on any atom is 0.420 e. The van der Waals surface area contributed by atoms with Gasteiger partial charge in [0.2, 0.25) is 5.89 Å². The van der Waals surface area contributed by atoms with Crippen LogP contribution in [0.15, 0.2) is 10.5 Å². The first kappa shape index (κ1) is 26.2. The number of rotatable bonds is 1. The molecule has 12 heteroatoms. The summed E-state index contributed by atoms with van der Waals surface area (Å²) in [6.45, 7) is 6.91. The van der Waals surface area contributed by atoms with Crippen LogP contribution in [0.4, 0.5) is 29.5 Å². The fraction of sp³-hybridized carbons (Fsp3) is 0.667. The minimum absolute atomic E-state index is 0.0694. The third kappa shape index (κ3) is 5.74. The van der Waals surface area contributed by atoms with Crippen LogP contribution in [-0.4, -0.2) is 44.6 Å². The Morgan fingerprint density at radius 1 is 1.19 bits per heavy atom. The number of aromatic nitrogens is 3. The van der Waals surface area contributed by atoms with Crippen molar-refractivity contribution in [2.45, 2.75) is 96.1 Å². The maximum atomic E-state index is 14.3. The van der Waals surface area contributed by atoms with Gasteiger partial charge in [-0.1, -0.05) is 19.3 Å². The maximum absolute atomic E-state index is 14.3. The molecule has 4 rings (SSSR count). The molecule has 1 fully saturated rings. The van der Waals surface area contributed by atoms with Gasteiger partial charge in [-0.15, -0.1) is 10.2 Å². The van der Waals surface area contributed by atoms with Crippen molar-refractivity contribution in [3.8, 4) is 11.6 Å². The second-order valence-electron chi connectivity index (χ2n) is 10.7. The lowest BCUT2D eigenvalue weighted by Crippen LogP contribution is -2.33. The van der Waals surface area contributed by atoms with E-state index in [1.165, 1.54) is 0 Å². The lowest BCUT2D eigenvalue weighted by atomic mass is 9.97. The van der Waals surface area contributed by atoms with Crippen molar-refractivity contribution in [3.63, 3.8) is 0 Å². The second-order valence-corrected chi connectivity index (χ2v) is 10.7. The Bertz CT molecular complexity index is 1110. The van der Waals surface area contributed by atoms with E-state index in [-0.39, 0.29) is 35.0 Å². The highest BCUT2D eigenvalue weighted by atomic mass is 19.4. The van der Waals surface area contributed by atoms with Gasteiger partial charge in [0.15, 0.2) is 5.69 Å². The molecule has 198 valence electrons. The van der Waals surface area contributed by atoms with Crippen molar-refractivity contribution >= 4 is 17.6 Å². The summed E-state index contributed by atoms with van der Waals surface area (Å²) in [5.74, 6) is -0.516. The van der Waals surface area contributed by atoms with E-state index in [4.69, 9.17) is 9.15 Å². The number of hydrogen-bond acceptors (Lipinski definition) is 8. The van der Waals surface area contributed by atoms with Crippen LogP contribution in [-0.2, 0) is 16.5 Å². The number of nitrogens with one attached hydrogen (secondary N) is 1. The normalized spacial score (nSPS) is 23.1. The van der Waals surface area contributed by atoms with Crippen molar-refractivity contribution in [2.24, 2.45) is 0 Å². The molecule has 0 saturated carbocycles. The number of ether oxygens (including phenoxy) is 1. The summed E-state index contributed by atoms with van der Waals surface area (Å²) in [4.78, 5) is 18.6. The Balaban J connectivity index is 1.89. The van der Waals surface area contributed by atoms with Crippen LogP contribution < -0.4 is 10.2 Å². The van der Waals surface area contributed by atoms with E-state index < -0.39 is 29.0 Å². The molecule has 36 heavy (non-hydrogen) atoms. The van der Waals surface area contributed by atoms with Gasteiger partial charge in [-0.3, -0.25) is 5.32 Å². The van der Waals surface area contributed by atoms with E-state index in [0.717, 1.165) is 31.7 Å². The number of pyridine rings is 1. The predicted octanol–water partition coefficient (Wildman–Crippen LogP) is 5.64. The van der Waals surface area contributed by atoms with Gasteiger partial charge in [0.05, 0.1) is 5.69 Å². The molecule has 2 aromatic rings. The number of halogens is 3. The lowest BCUT2D eigenvalue weighted by molar-refractivity contribution is -0.137. The number of amides is 1. The first-order chi connectivity index (χ1) is 16.7. The molecule has 0 aromatic carbocycles. The summed E-state index contributed by atoms with van der Waals surface area (Å²) in [6.07, 6.45) is -0.765. The van der Waals surface area contributed by atoms with E-state index in [0.29, 0.717) is 25.8 Å². The summed E-state index contributed by atoms with van der Waals surface area (Å²) >= 11 is 0. The number of nitrogens with zero attached hydrogens (tertiary/aromatic N) is 4. The molecule has 2 aliphatic rings. The average Bonchev–Trinajstić information content (AvgIpc) is 3.41. The van der Waals surface area contributed by atoms with Crippen LogP contribution in [0, 0.1) is 0 Å². The number of fused-ring (bicyclic) bond motifs is 7. The molecule has 2 aliphatic heterocycles. The zero-order chi connectivity index (χ0) is 26.3. The fourth-order valence-corrected chi connectivity index (χ4v) is 4.69. The van der Waals surface area contributed by atoms with Crippen LogP contribution in [0.2, 0.25) is 0 Å². The monoisotopic (exact) mass is 511 g/mol. The van der Waals surface area contributed by atoms with Crippen molar-refractivity contribution in [3.05, 3.63) is 17.5 Å². The van der Waals surface area contributed by atoms with Crippen molar-refractivity contribution < 1.29 is 32.2 Å². The Labute approximate surface area is 207 Å². The zero-order valence-corrected chi connectivity index (χ0v) is 20.9. The summed E-state index contributed by atoms with van der Waals surface area (Å²) < 4.78 is 53.8. The fourth-order valence-electron chi connectivity index (χ4n) is 4.69. The number of anilines is 2. The van der Waals surface area contributed by atoms with Crippen LogP contribution in [0.1, 0.15) is 84.1 Å². The van der Waals surface area contributed by atoms with Crippen molar-refractivity contribution in [1.29, 1.82) is 0 Å². The molecule has 1 unspecified atom stereocenters. The number of carbonyl (C=O) groups excluding carboxylic acids is 1. The Morgan fingerprint density at radius 3 is 2.61 bits per heavy atom. The summed E-state index contributed by atoms with van der Waals surface area (Å²) in [6, 6.07) is 0.739. The van der Waals surface area contributed by atoms with Crippen LogP contribution in [0.3, 0.4) is 0 Å². The van der Waals surface area contributed by atoms with Gasteiger partial charge in [-0.05, 0) is 59.4 Å². The molecule has 0 spiro atoms. The zero-order valence-electron chi connectivity index (χ0n) is 20.9. The van der Waals surface area contributed by atoms with Gasteiger partial charge in [0.25, 0.3) is 5.89 Å². The minimum atomic E-state index is -4.73. The first-order valence-corrected chi connectivity index (χ1v) is 12.2. The summed E-state index contributed by atoms with van der Waals surface area (Å²) in [5, 5.41) is 21.2. The molecular formula is C24H32F3N5O4. The lowest BCUT2D eigenvalue weighted by Gasteiger charge is -2.29. The Kier molecular flexibility index (Phi) is 6.93. The topological polar surface area (TPSA) is 114 Å². The van der Waals surface area contributed by atoms with Gasteiger partial charge in [-0.25, -0.2) is 9.78 Å². The molecule has 1 amide bonds. The predicted molar refractivity (Wildman–Crippen MR) is 125 cm³/mol. The number of hydrogen-bond donors (Lipinski definition) is 2. The van der Waals surface area contributed by atoms with Gasteiger partial charge in [0, 0.05) is 12.6 Å². The van der Waals surface area contributed by atoms with E-state index in [9.17, 15) is 23.1 Å². The largest absolute Gasteiger partial charge is 0.444 e. The highest BCUT2D eigenvalue weighted by molar-refractivity contribution is 5.90. The van der Waals surface area contributed by atoms with E-state index in [2.05, 4.69) is 20.5 Å². The molecule has 4 heterocycles. The van der Waals surface area contributed by atoms with Gasteiger partial charge >= 0.3 is 12.3 Å². The summed E-state index contributed by atoms with van der Waals surface area (Å²) in [7, 11) is 0. The SMILES string of the molecule is CC(C)(C)OC(=O)Nc1cc(C(F)(F)F)c2nc1-c1nnc(o1)C(C)(O)CCCCC[C@@H]1CCCN21. The van der Waals surface area contributed by atoms with Crippen LogP contribution in [0.25, 0.3) is 11.6 Å². The highest BCUT2D eigenvalue weighted by Crippen LogP contribution is 2.43. The van der Waals surface area contributed by atoms with E-state index in [1.807, 2.05) is 0 Å². The summed E-state index contributed by atoms with van der Waals surface area (Å²) in [5.41, 5.74) is -3.67. The standard InChI is InChI=1S/C24H32F3N5O4/c1-22(2,3)36-21(33)28-16-13-15(24(25,26)27)18-29-17(16)19-30-31-20(35-19)23(4,34)11-7-5-6-9-14-10-8-12-32(14)18/h13-14,34H,5-12H2,1-4H3,(H,28,33)/t14-,23?/m1/s1. The quantitative estimate of drug-likeness (QED) is 0.506. The molecule has 0 aliphatic carbocycles. The third-order valence-corrected chi connectivity index (χ3v) is 6.38. The molecule has 2 N–H and O–H groups in total. The number of alkyl halides is 3. The average molecular weight is 512 g/mol. The molecule has 2 atom stereocenters. The number of carbonyl (C=O) groups is 1. The molecule has 4 bridgehead atoms. The van der Waals surface area contributed by atoms with Crippen molar-refractivity contribution in [2.75, 3.05) is 16.8 Å². The highest BCUT2D eigenvalue weighted by Gasteiger charge is 2.41. The van der Waals surface area contributed by atoms with Crippen molar-refractivity contribution in [1.82, 2.24) is 15.2 Å². The molecule has 9 nitrogen and oxygen atoms in total. The smallest absolute Gasteiger partial charge is 0.420 e. The minimum Gasteiger partial charge on any atom is -0.444 e. The van der Waals surface area contributed by atoms with Gasteiger partial charge in [-0.2, -0.15) is 13.2 Å².